The third kappa shape index (κ3) is 10.0. The normalized spacial score (nSPS) is 13.9. The van der Waals surface area contributed by atoms with Gasteiger partial charge >= 0.3 is 0 Å². The van der Waals surface area contributed by atoms with E-state index in [0.717, 1.165) is 29.2 Å². The van der Waals surface area contributed by atoms with Gasteiger partial charge in [-0.25, -0.2) is 13.4 Å². The Balaban J connectivity index is 1.62. The fourth-order valence-corrected chi connectivity index (χ4v) is 6.94. The van der Waals surface area contributed by atoms with Crippen LogP contribution in [0.4, 0.5) is 5.13 Å². The van der Waals surface area contributed by atoms with Gasteiger partial charge in [0.05, 0.1) is 35.4 Å². The summed E-state index contributed by atoms with van der Waals surface area (Å²) in [7, 11) is -3.64. The zero-order chi connectivity index (χ0) is 36.6. The summed E-state index contributed by atoms with van der Waals surface area (Å²) >= 11 is 0.885. The van der Waals surface area contributed by atoms with Crippen molar-refractivity contribution in [3.8, 4) is 0 Å². The molecule has 13 nitrogen and oxygen atoms in total. The molecule has 1 heterocycles. The monoisotopic (exact) mass is 721 g/mol. The molecule has 7 N–H and O–H groups in total. The summed E-state index contributed by atoms with van der Waals surface area (Å²) in [5.74, 6) is -4.46. The molecule has 0 radical (unpaired) electrons. The van der Waals surface area contributed by atoms with Gasteiger partial charge in [0.1, 0.15) is 11.8 Å². The van der Waals surface area contributed by atoms with Crippen molar-refractivity contribution < 1.29 is 37.8 Å². The smallest absolute Gasteiger partial charge is 0.252 e. The number of hydrogen-bond donors (Lipinski definition) is 6. The van der Waals surface area contributed by atoms with E-state index >= 15 is 0 Å². The number of amides is 3. The molecule has 3 aromatic carbocycles. The molecule has 264 valence electrons. The first-order valence-corrected chi connectivity index (χ1v) is 18.4. The highest BCUT2D eigenvalue weighted by Gasteiger charge is 2.39. The van der Waals surface area contributed by atoms with Gasteiger partial charge in [0.25, 0.3) is 5.91 Å². The van der Waals surface area contributed by atoms with Crippen LogP contribution in [0.1, 0.15) is 61.7 Å². The Hall–Kier alpha value is -4.96. The largest absolute Gasteiger partial charge is 0.390 e. The van der Waals surface area contributed by atoms with Crippen molar-refractivity contribution in [2.45, 2.75) is 45.1 Å². The molecular formula is C35H39N5O8S2. The first kappa shape index (κ1) is 37.9. The number of rotatable bonds is 16. The fourth-order valence-electron chi connectivity index (χ4n) is 5.40. The van der Waals surface area contributed by atoms with Crippen molar-refractivity contribution in [3.63, 3.8) is 0 Å². The minimum absolute atomic E-state index is 0.0285. The van der Waals surface area contributed by atoms with E-state index in [1.54, 1.807) is 44.2 Å². The second-order valence-corrected chi connectivity index (χ2v) is 14.7. The first-order chi connectivity index (χ1) is 23.6. The molecule has 50 heavy (non-hydrogen) atoms. The third-order valence-electron chi connectivity index (χ3n) is 7.88. The van der Waals surface area contributed by atoms with Gasteiger partial charge in [0, 0.05) is 17.5 Å². The molecule has 0 saturated carbocycles. The lowest BCUT2D eigenvalue weighted by Crippen LogP contribution is -2.55. The molecule has 0 spiro atoms. The fraction of sp³-hybridized carbons (Fsp3) is 0.286. The molecule has 0 aliphatic rings. The number of ketones is 1. The highest BCUT2D eigenvalue weighted by atomic mass is 32.2. The SMILES string of the molecule is CC(C)[C@@H](C(=O)NCc1ccccc1)[C@@H](O)[C@H](O)[C@H](Cc1ccccc1)NC(=O)c1cc(C(=O)c2csc(NS(C)(=O)=O)n2)ccc1C(N)=O. The molecule has 4 aromatic rings. The van der Waals surface area contributed by atoms with E-state index in [2.05, 4.69) is 20.3 Å². The topological polar surface area (TPSA) is 218 Å². The number of thiazole rings is 1. The van der Waals surface area contributed by atoms with Crippen molar-refractivity contribution >= 4 is 50.0 Å². The number of aliphatic hydroxyl groups excluding tert-OH is 2. The summed E-state index contributed by atoms with van der Waals surface area (Å²) < 4.78 is 25.4. The van der Waals surface area contributed by atoms with Crippen LogP contribution in [-0.4, -0.2) is 71.6 Å². The average molecular weight is 722 g/mol. The maximum absolute atomic E-state index is 13.9. The Morgan fingerprint density at radius 1 is 0.880 bits per heavy atom. The van der Waals surface area contributed by atoms with Crippen molar-refractivity contribution in [1.29, 1.82) is 0 Å². The van der Waals surface area contributed by atoms with E-state index in [0.29, 0.717) is 5.56 Å². The maximum atomic E-state index is 13.9. The van der Waals surface area contributed by atoms with Crippen LogP contribution in [0.5, 0.6) is 0 Å². The summed E-state index contributed by atoms with van der Waals surface area (Å²) in [6.45, 7) is 3.67. The highest BCUT2D eigenvalue weighted by molar-refractivity contribution is 7.92. The molecule has 4 rings (SSSR count). The Kier molecular flexibility index (Phi) is 12.6. The van der Waals surface area contributed by atoms with Crippen LogP contribution < -0.4 is 21.1 Å². The van der Waals surface area contributed by atoms with Gasteiger partial charge < -0.3 is 26.6 Å². The minimum atomic E-state index is -3.64. The van der Waals surface area contributed by atoms with Crippen molar-refractivity contribution in [1.82, 2.24) is 15.6 Å². The molecule has 0 bridgehead atoms. The number of nitrogens with two attached hydrogens (primary N) is 1. The van der Waals surface area contributed by atoms with E-state index in [1.165, 1.54) is 17.5 Å². The highest BCUT2D eigenvalue weighted by Crippen LogP contribution is 2.24. The van der Waals surface area contributed by atoms with Gasteiger partial charge in [-0.2, -0.15) is 0 Å². The molecule has 15 heteroatoms. The second-order valence-electron chi connectivity index (χ2n) is 12.1. The lowest BCUT2D eigenvalue weighted by molar-refractivity contribution is -0.135. The van der Waals surface area contributed by atoms with Gasteiger partial charge in [0.2, 0.25) is 27.6 Å². The minimum Gasteiger partial charge on any atom is -0.390 e. The second kappa shape index (κ2) is 16.6. The van der Waals surface area contributed by atoms with Crippen LogP contribution in [0.15, 0.2) is 84.2 Å². The third-order valence-corrected chi connectivity index (χ3v) is 9.33. The lowest BCUT2D eigenvalue weighted by Gasteiger charge is -2.33. The summed E-state index contributed by atoms with van der Waals surface area (Å²) in [4.78, 5) is 56.9. The number of aromatic nitrogens is 1. The number of nitrogens with one attached hydrogen (secondary N) is 3. The zero-order valence-corrected chi connectivity index (χ0v) is 29.2. The van der Waals surface area contributed by atoms with Crippen LogP contribution in [0.3, 0.4) is 0 Å². The van der Waals surface area contributed by atoms with E-state index in [1.807, 2.05) is 30.3 Å². The Labute approximate surface area is 294 Å². The van der Waals surface area contributed by atoms with Gasteiger partial charge in [-0.1, -0.05) is 80.6 Å². The van der Waals surface area contributed by atoms with E-state index in [-0.39, 0.29) is 40.5 Å². The number of hydrogen-bond acceptors (Lipinski definition) is 10. The van der Waals surface area contributed by atoms with Crippen molar-refractivity contribution in [2.75, 3.05) is 11.0 Å². The number of nitrogens with zero attached hydrogens (tertiary/aromatic N) is 1. The number of benzene rings is 3. The summed E-state index contributed by atoms with van der Waals surface area (Å²) in [6.07, 6.45) is -2.32. The van der Waals surface area contributed by atoms with E-state index < -0.39 is 63.6 Å². The number of primary amides is 1. The zero-order valence-electron chi connectivity index (χ0n) is 27.6. The number of carbonyl (C=O) groups is 4. The van der Waals surface area contributed by atoms with Gasteiger partial charge in [-0.3, -0.25) is 23.9 Å². The predicted octanol–water partition coefficient (Wildman–Crippen LogP) is 2.50. The Bertz CT molecular complexity index is 1930. The quantitative estimate of drug-likeness (QED) is 0.0936. The molecule has 0 saturated heterocycles. The molecular weight excluding hydrogens is 683 g/mol. The molecule has 0 fully saturated rings. The molecule has 0 aliphatic heterocycles. The summed E-state index contributed by atoms with van der Waals surface area (Å²) in [5, 5.41) is 29.9. The van der Waals surface area contributed by atoms with Crippen LogP contribution in [-0.2, 0) is 27.8 Å². The molecule has 1 aromatic heterocycles. The molecule has 0 unspecified atom stereocenters. The van der Waals surface area contributed by atoms with E-state index in [4.69, 9.17) is 5.73 Å². The van der Waals surface area contributed by atoms with Gasteiger partial charge in [-0.15, -0.1) is 11.3 Å². The number of anilines is 1. The Morgan fingerprint density at radius 2 is 1.50 bits per heavy atom. The maximum Gasteiger partial charge on any atom is 0.252 e. The number of sulfonamides is 1. The van der Waals surface area contributed by atoms with E-state index in [9.17, 15) is 37.8 Å². The van der Waals surface area contributed by atoms with Crippen LogP contribution in [0.2, 0.25) is 0 Å². The summed E-state index contributed by atoms with van der Waals surface area (Å²) in [6, 6.07) is 20.5. The van der Waals surface area contributed by atoms with Crippen LogP contribution in [0, 0.1) is 11.8 Å². The van der Waals surface area contributed by atoms with Gasteiger partial charge in [-0.05, 0) is 35.6 Å². The van der Waals surface area contributed by atoms with Crippen molar-refractivity contribution in [2.24, 2.45) is 17.6 Å². The number of aliphatic hydroxyl groups is 2. The Morgan fingerprint density at radius 3 is 2.08 bits per heavy atom. The molecule has 4 atom stereocenters. The average Bonchev–Trinajstić information content (AvgIpc) is 3.53. The molecule has 3 amide bonds. The van der Waals surface area contributed by atoms with Gasteiger partial charge in [0.15, 0.2) is 5.13 Å². The van der Waals surface area contributed by atoms with Crippen LogP contribution >= 0.6 is 11.3 Å². The lowest BCUT2D eigenvalue weighted by atomic mass is 9.83. The summed E-state index contributed by atoms with van der Waals surface area (Å²) in [5.41, 5.74) is 6.46. The van der Waals surface area contributed by atoms with Crippen LogP contribution in [0.25, 0.3) is 0 Å². The predicted molar refractivity (Wildman–Crippen MR) is 189 cm³/mol. The van der Waals surface area contributed by atoms with Crippen molar-refractivity contribution in [3.05, 3.63) is 118 Å². The number of carbonyl (C=O) groups excluding carboxylic acids is 4. The standard InChI is InChI=1S/C35H39N5O8S2/c1-20(2)28(34(46)37-18-22-12-8-5-9-13-22)31(43)30(42)26(16-21-10-6-4-7-11-21)38-33(45)25-17-23(14-15-24(25)32(36)44)29(41)27-19-49-35(39-27)40-50(3,47)48/h4-15,17,19-20,26,28,30-31,42-43H,16,18H2,1-3H3,(H2,36,44)(H,37,46)(H,38,45)(H,39,40)/t26-,28+,30+,31+/m0/s1. The molecule has 0 aliphatic carbocycles. The first-order valence-electron chi connectivity index (χ1n) is 15.6.